The molecule has 1 aromatic heterocycles. The van der Waals surface area contributed by atoms with Crippen LogP contribution >= 0.6 is 0 Å². The number of rotatable bonds is 4. The summed E-state index contributed by atoms with van der Waals surface area (Å²) < 4.78 is 43.3. The number of anilines is 1. The largest absolute Gasteiger partial charge is 0.478 e. The van der Waals surface area contributed by atoms with E-state index in [1.165, 1.54) is 6.07 Å². The Hall–Kier alpha value is -2.58. The molecule has 0 atom stereocenters. The van der Waals surface area contributed by atoms with Crippen molar-refractivity contribution in [2.24, 2.45) is 0 Å². The molecule has 0 fully saturated rings. The molecule has 2 rings (SSSR count). The van der Waals surface area contributed by atoms with E-state index in [1.807, 2.05) is 0 Å². The molecule has 0 aliphatic rings. The van der Waals surface area contributed by atoms with E-state index in [4.69, 9.17) is 9.63 Å². The average molecular weight is 301 g/mol. The van der Waals surface area contributed by atoms with Crippen molar-refractivity contribution in [2.45, 2.75) is 19.6 Å². The molecule has 0 radical (unpaired) electrons. The van der Waals surface area contributed by atoms with Crippen LogP contribution in [0.3, 0.4) is 0 Å². The zero-order valence-corrected chi connectivity index (χ0v) is 10.7. The highest BCUT2D eigenvalue weighted by Gasteiger charge is 2.35. The molecule has 9 heteroatoms. The standard InChI is InChI=1S/C12H10F3N3O3/c1-6-17-10(21-18-6)5-16-7-2-3-8(11(19)20)9(4-7)12(13,14)15/h2-4,16H,5H2,1H3,(H,19,20). The smallest absolute Gasteiger partial charge is 0.417 e. The van der Waals surface area contributed by atoms with Crippen LogP contribution in [0.5, 0.6) is 0 Å². The monoisotopic (exact) mass is 301 g/mol. The van der Waals surface area contributed by atoms with Gasteiger partial charge in [0.05, 0.1) is 17.7 Å². The molecule has 1 aromatic carbocycles. The highest BCUT2D eigenvalue weighted by molar-refractivity contribution is 5.90. The number of halogens is 3. The molecule has 0 aliphatic carbocycles. The number of carboxylic acids is 1. The van der Waals surface area contributed by atoms with Gasteiger partial charge in [-0.25, -0.2) is 4.79 Å². The van der Waals surface area contributed by atoms with Gasteiger partial charge in [-0.05, 0) is 25.1 Å². The second-order valence-corrected chi connectivity index (χ2v) is 4.15. The lowest BCUT2D eigenvalue weighted by Crippen LogP contribution is -2.13. The molecule has 21 heavy (non-hydrogen) atoms. The average Bonchev–Trinajstić information content (AvgIpc) is 2.81. The zero-order chi connectivity index (χ0) is 15.6. The van der Waals surface area contributed by atoms with Gasteiger partial charge in [0.25, 0.3) is 0 Å². The topological polar surface area (TPSA) is 88.2 Å². The highest BCUT2D eigenvalue weighted by Crippen LogP contribution is 2.34. The van der Waals surface area contributed by atoms with Crippen LogP contribution in [0.2, 0.25) is 0 Å². The maximum atomic E-state index is 12.8. The number of carboxylic acid groups (broad SMARTS) is 1. The molecule has 0 saturated heterocycles. The van der Waals surface area contributed by atoms with Crippen molar-refractivity contribution in [3.63, 3.8) is 0 Å². The van der Waals surface area contributed by atoms with Crippen LogP contribution in [0.15, 0.2) is 22.7 Å². The summed E-state index contributed by atoms with van der Waals surface area (Å²) in [5.41, 5.74) is -1.92. The minimum Gasteiger partial charge on any atom is -0.478 e. The molecule has 1 heterocycles. The van der Waals surface area contributed by atoms with Crippen molar-refractivity contribution >= 4 is 11.7 Å². The third-order valence-electron chi connectivity index (χ3n) is 2.57. The molecule has 6 nitrogen and oxygen atoms in total. The van der Waals surface area contributed by atoms with Crippen molar-refractivity contribution in [2.75, 3.05) is 5.32 Å². The number of alkyl halides is 3. The van der Waals surface area contributed by atoms with Crippen molar-refractivity contribution in [1.29, 1.82) is 0 Å². The summed E-state index contributed by atoms with van der Waals surface area (Å²) in [6, 6.07) is 2.86. The van der Waals surface area contributed by atoms with Crippen LogP contribution in [0.25, 0.3) is 0 Å². The van der Waals surface area contributed by atoms with Gasteiger partial charge in [0.15, 0.2) is 5.82 Å². The molecule has 0 unspecified atom stereocenters. The third kappa shape index (κ3) is 3.50. The number of nitrogens with zero attached hydrogens (tertiary/aromatic N) is 2. The van der Waals surface area contributed by atoms with Crippen molar-refractivity contribution in [3.05, 3.63) is 41.0 Å². The van der Waals surface area contributed by atoms with E-state index in [1.54, 1.807) is 6.92 Å². The van der Waals surface area contributed by atoms with Gasteiger partial charge in [0.1, 0.15) is 0 Å². The molecule has 0 amide bonds. The Morgan fingerprint density at radius 1 is 1.43 bits per heavy atom. The minimum atomic E-state index is -4.76. The Kier molecular flexibility index (Phi) is 3.83. The first-order valence-electron chi connectivity index (χ1n) is 5.75. The lowest BCUT2D eigenvalue weighted by Gasteiger charge is -2.12. The Morgan fingerprint density at radius 2 is 2.14 bits per heavy atom. The molecule has 0 bridgehead atoms. The van der Waals surface area contributed by atoms with Gasteiger partial charge in [0, 0.05) is 5.69 Å². The number of nitrogens with one attached hydrogen (secondary N) is 1. The summed E-state index contributed by atoms with van der Waals surface area (Å²) in [6.07, 6.45) is -4.76. The van der Waals surface area contributed by atoms with Crippen LogP contribution in [0.4, 0.5) is 18.9 Å². The van der Waals surface area contributed by atoms with Crippen molar-refractivity contribution < 1.29 is 27.6 Å². The number of aromatic carboxylic acids is 1. The quantitative estimate of drug-likeness (QED) is 0.902. The summed E-state index contributed by atoms with van der Waals surface area (Å²) in [4.78, 5) is 14.7. The first kappa shape index (κ1) is 14.8. The molecule has 0 saturated carbocycles. The Morgan fingerprint density at radius 3 is 2.67 bits per heavy atom. The predicted octanol–water partition coefficient (Wildman–Crippen LogP) is 2.71. The fourth-order valence-electron chi connectivity index (χ4n) is 1.66. The fraction of sp³-hybridized carbons (Fsp3) is 0.250. The van der Waals surface area contributed by atoms with Crippen molar-refractivity contribution in [1.82, 2.24) is 10.1 Å². The van der Waals surface area contributed by atoms with Crippen LogP contribution in [-0.2, 0) is 12.7 Å². The van der Waals surface area contributed by atoms with Crippen LogP contribution < -0.4 is 5.32 Å². The molecule has 2 N–H and O–H groups in total. The number of hydrogen-bond donors (Lipinski definition) is 2. The summed E-state index contributed by atoms with van der Waals surface area (Å²) in [5.74, 6) is -1.02. The van der Waals surface area contributed by atoms with Gasteiger partial charge < -0.3 is 14.9 Å². The number of hydrogen-bond acceptors (Lipinski definition) is 5. The second kappa shape index (κ2) is 5.43. The lowest BCUT2D eigenvalue weighted by atomic mass is 10.1. The predicted molar refractivity (Wildman–Crippen MR) is 64.8 cm³/mol. The van der Waals surface area contributed by atoms with Crippen molar-refractivity contribution in [3.8, 4) is 0 Å². The Bertz CT molecular complexity index is 667. The normalized spacial score (nSPS) is 11.4. The fourth-order valence-corrected chi connectivity index (χ4v) is 1.66. The first-order chi connectivity index (χ1) is 9.77. The molecule has 112 valence electrons. The minimum absolute atomic E-state index is 0.0323. The lowest BCUT2D eigenvalue weighted by molar-refractivity contribution is -0.138. The maximum absolute atomic E-state index is 12.8. The second-order valence-electron chi connectivity index (χ2n) is 4.15. The summed E-state index contributed by atoms with van der Waals surface area (Å²) >= 11 is 0. The number of benzene rings is 1. The van der Waals surface area contributed by atoms with E-state index in [2.05, 4.69) is 15.5 Å². The maximum Gasteiger partial charge on any atom is 0.417 e. The van der Waals surface area contributed by atoms with Crippen LogP contribution in [0, 0.1) is 6.92 Å². The number of aromatic nitrogens is 2. The zero-order valence-electron chi connectivity index (χ0n) is 10.7. The number of aryl methyl sites for hydroxylation is 1. The molecule has 2 aromatic rings. The van der Waals surface area contributed by atoms with E-state index in [0.717, 1.165) is 12.1 Å². The third-order valence-corrected chi connectivity index (χ3v) is 2.57. The Balaban J connectivity index is 2.23. The van der Waals surface area contributed by atoms with Gasteiger partial charge >= 0.3 is 12.1 Å². The SMILES string of the molecule is Cc1noc(CNc2ccc(C(=O)O)c(C(F)(F)F)c2)n1. The van der Waals surface area contributed by atoms with Gasteiger partial charge in [-0.3, -0.25) is 0 Å². The van der Waals surface area contributed by atoms with Gasteiger partial charge in [-0.1, -0.05) is 5.16 Å². The molecule has 0 spiro atoms. The van der Waals surface area contributed by atoms with Gasteiger partial charge in [0.2, 0.25) is 5.89 Å². The highest BCUT2D eigenvalue weighted by atomic mass is 19.4. The summed E-state index contributed by atoms with van der Waals surface area (Å²) in [7, 11) is 0. The first-order valence-corrected chi connectivity index (χ1v) is 5.75. The van der Waals surface area contributed by atoms with E-state index in [9.17, 15) is 18.0 Å². The molecular weight excluding hydrogens is 291 g/mol. The van der Waals surface area contributed by atoms with E-state index in [-0.39, 0.29) is 18.1 Å². The Labute approximate surface area is 116 Å². The molecular formula is C12H10F3N3O3. The van der Waals surface area contributed by atoms with Gasteiger partial charge in [-0.2, -0.15) is 18.2 Å². The number of carbonyl (C=O) groups is 1. The van der Waals surface area contributed by atoms with E-state index >= 15 is 0 Å². The molecule has 0 aliphatic heterocycles. The summed E-state index contributed by atoms with van der Waals surface area (Å²) in [6.45, 7) is 1.64. The van der Waals surface area contributed by atoms with Gasteiger partial charge in [-0.15, -0.1) is 0 Å². The van der Waals surface area contributed by atoms with Crippen LogP contribution in [0.1, 0.15) is 27.6 Å². The van der Waals surface area contributed by atoms with Crippen LogP contribution in [-0.4, -0.2) is 21.2 Å². The van der Waals surface area contributed by atoms with E-state index in [0.29, 0.717) is 5.82 Å². The van der Waals surface area contributed by atoms with E-state index < -0.39 is 23.3 Å². The summed E-state index contributed by atoms with van der Waals surface area (Å²) in [5, 5.41) is 15.0.